The van der Waals surface area contributed by atoms with E-state index in [1.807, 2.05) is 6.92 Å². The van der Waals surface area contributed by atoms with Gasteiger partial charge in [-0.15, -0.1) is 11.3 Å². The molecule has 2 heterocycles. The summed E-state index contributed by atoms with van der Waals surface area (Å²) in [5.74, 6) is -0.207. The lowest BCUT2D eigenvalue weighted by Crippen LogP contribution is -2.27. The van der Waals surface area contributed by atoms with Crippen molar-refractivity contribution < 1.29 is 9.59 Å². The van der Waals surface area contributed by atoms with E-state index in [2.05, 4.69) is 10.2 Å². The van der Waals surface area contributed by atoms with E-state index in [4.69, 9.17) is 5.73 Å². The molecule has 6 heteroatoms. The van der Waals surface area contributed by atoms with Gasteiger partial charge in [-0.05, 0) is 12.8 Å². The Kier molecular flexibility index (Phi) is 5.22. The van der Waals surface area contributed by atoms with E-state index in [9.17, 15) is 9.59 Å². The molecule has 116 valence electrons. The van der Waals surface area contributed by atoms with Crippen LogP contribution in [0, 0.1) is 0 Å². The molecule has 0 aliphatic carbocycles. The van der Waals surface area contributed by atoms with E-state index < -0.39 is 0 Å². The molecule has 2 rings (SSSR count). The minimum atomic E-state index is -0.210. The van der Waals surface area contributed by atoms with Crippen molar-refractivity contribution in [1.82, 2.24) is 5.32 Å². The van der Waals surface area contributed by atoms with E-state index in [0.29, 0.717) is 22.5 Å². The van der Waals surface area contributed by atoms with E-state index >= 15 is 0 Å². The molecule has 0 atom stereocenters. The summed E-state index contributed by atoms with van der Waals surface area (Å²) in [6.07, 6.45) is 5.06. The maximum atomic E-state index is 12.2. The van der Waals surface area contributed by atoms with Gasteiger partial charge in [-0.2, -0.15) is 0 Å². The third-order valence-corrected chi connectivity index (χ3v) is 5.16. The summed E-state index contributed by atoms with van der Waals surface area (Å²) in [4.78, 5) is 27.0. The number of nitrogens with zero attached hydrogens (tertiary/aromatic N) is 1. The van der Waals surface area contributed by atoms with Crippen LogP contribution >= 0.6 is 11.3 Å². The summed E-state index contributed by atoms with van der Waals surface area (Å²) in [5.41, 5.74) is 6.92. The van der Waals surface area contributed by atoms with Crippen molar-refractivity contribution in [2.75, 3.05) is 30.8 Å². The van der Waals surface area contributed by atoms with Crippen molar-refractivity contribution in [2.45, 2.75) is 39.0 Å². The van der Waals surface area contributed by atoms with Crippen LogP contribution in [0.1, 0.15) is 59.1 Å². The molecule has 1 saturated heterocycles. The average Bonchev–Trinajstić information content (AvgIpc) is 2.69. The van der Waals surface area contributed by atoms with Crippen molar-refractivity contribution >= 4 is 33.7 Å². The molecule has 1 aromatic heterocycles. The third-order valence-electron chi connectivity index (χ3n) is 3.85. The van der Waals surface area contributed by atoms with Crippen LogP contribution in [-0.4, -0.2) is 31.8 Å². The number of carbonyl (C=O) groups excluding carboxylic acids is 2. The lowest BCUT2D eigenvalue weighted by molar-refractivity contribution is 0.0964. The fourth-order valence-electron chi connectivity index (χ4n) is 2.64. The van der Waals surface area contributed by atoms with E-state index in [1.54, 1.807) is 7.05 Å². The minimum absolute atomic E-state index is 0.00345. The number of Topliss-reactive ketones (excluding diaryl/α,β-unsaturated/α-hetero) is 1. The molecular formula is C15H23N3O2S. The van der Waals surface area contributed by atoms with Crippen LogP contribution in [0.5, 0.6) is 0 Å². The van der Waals surface area contributed by atoms with Crippen LogP contribution < -0.4 is 16.0 Å². The zero-order valence-corrected chi connectivity index (χ0v) is 13.5. The summed E-state index contributed by atoms with van der Waals surface area (Å²) in [6.45, 7) is 3.65. The fraction of sp³-hybridized carbons (Fsp3) is 0.600. The van der Waals surface area contributed by atoms with Gasteiger partial charge >= 0.3 is 0 Å². The number of anilines is 2. The molecule has 0 aromatic carbocycles. The Morgan fingerprint density at radius 1 is 1.24 bits per heavy atom. The van der Waals surface area contributed by atoms with Crippen LogP contribution in [0.15, 0.2) is 0 Å². The number of hydrogen-bond donors (Lipinski definition) is 2. The molecule has 5 nitrogen and oxygen atoms in total. The Bertz CT molecular complexity index is 531. The highest BCUT2D eigenvalue weighted by atomic mass is 32.1. The van der Waals surface area contributed by atoms with Crippen LogP contribution in [0.3, 0.4) is 0 Å². The van der Waals surface area contributed by atoms with Gasteiger partial charge in [-0.1, -0.05) is 19.8 Å². The maximum absolute atomic E-state index is 12.2. The second-order valence-electron chi connectivity index (χ2n) is 5.28. The molecule has 21 heavy (non-hydrogen) atoms. The number of carbonyl (C=O) groups is 2. The normalized spacial score (nSPS) is 15.6. The standard InChI is InChI=1S/C15H23N3O2S/c1-3-10(19)13-12(16)11(14(20)17-2)15(21-13)18-8-6-4-5-7-9-18/h3-9,16H2,1-2H3,(H,17,20). The molecule has 0 bridgehead atoms. The first-order valence-electron chi connectivity index (χ1n) is 7.52. The number of nitrogens with two attached hydrogens (primary N) is 1. The van der Waals surface area contributed by atoms with Crippen molar-refractivity contribution in [3.05, 3.63) is 10.4 Å². The molecular weight excluding hydrogens is 286 g/mol. The number of nitrogen functional groups attached to an aromatic ring is 1. The van der Waals surface area contributed by atoms with Crippen LogP contribution in [0.2, 0.25) is 0 Å². The first-order chi connectivity index (χ1) is 10.1. The first kappa shape index (κ1) is 15.8. The Morgan fingerprint density at radius 2 is 1.86 bits per heavy atom. The Morgan fingerprint density at radius 3 is 2.38 bits per heavy atom. The van der Waals surface area contributed by atoms with E-state index in [0.717, 1.165) is 30.9 Å². The van der Waals surface area contributed by atoms with E-state index in [1.165, 1.54) is 24.2 Å². The Labute approximate surface area is 129 Å². The van der Waals surface area contributed by atoms with Gasteiger partial charge in [0.2, 0.25) is 0 Å². The number of thiophene rings is 1. The van der Waals surface area contributed by atoms with Gasteiger partial charge < -0.3 is 16.0 Å². The van der Waals surface area contributed by atoms with Gasteiger partial charge in [0.25, 0.3) is 5.91 Å². The van der Waals surface area contributed by atoms with Crippen LogP contribution in [0.25, 0.3) is 0 Å². The van der Waals surface area contributed by atoms with Gasteiger partial charge in [0.15, 0.2) is 5.78 Å². The molecule has 1 aliphatic heterocycles. The molecule has 1 aliphatic rings. The monoisotopic (exact) mass is 309 g/mol. The average molecular weight is 309 g/mol. The zero-order valence-electron chi connectivity index (χ0n) is 12.7. The smallest absolute Gasteiger partial charge is 0.256 e. The molecule has 0 spiro atoms. The highest BCUT2D eigenvalue weighted by molar-refractivity contribution is 7.19. The predicted molar refractivity (Wildman–Crippen MR) is 87.4 cm³/mol. The summed E-state index contributed by atoms with van der Waals surface area (Å²) < 4.78 is 0. The molecule has 0 saturated carbocycles. The number of amides is 1. The summed E-state index contributed by atoms with van der Waals surface area (Å²) in [5, 5.41) is 3.49. The number of nitrogens with one attached hydrogen (secondary N) is 1. The molecule has 1 aromatic rings. The third kappa shape index (κ3) is 3.20. The molecule has 3 N–H and O–H groups in total. The van der Waals surface area contributed by atoms with Crippen LogP contribution in [-0.2, 0) is 0 Å². The van der Waals surface area contributed by atoms with Crippen molar-refractivity contribution in [3.8, 4) is 0 Å². The van der Waals surface area contributed by atoms with Crippen molar-refractivity contribution in [3.63, 3.8) is 0 Å². The van der Waals surface area contributed by atoms with Crippen LogP contribution in [0.4, 0.5) is 10.7 Å². The van der Waals surface area contributed by atoms with Gasteiger partial charge in [-0.25, -0.2) is 0 Å². The van der Waals surface area contributed by atoms with Gasteiger partial charge in [0.05, 0.1) is 16.1 Å². The molecule has 1 fully saturated rings. The Hall–Kier alpha value is -1.56. The van der Waals surface area contributed by atoms with Gasteiger partial charge in [0, 0.05) is 26.6 Å². The lowest BCUT2D eigenvalue weighted by atomic mass is 10.1. The quantitative estimate of drug-likeness (QED) is 0.838. The SMILES string of the molecule is CCC(=O)c1sc(N2CCCCCC2)c(C(=O)NC)c1N. The fourth-order valence-corrected chi connectivity index (χ4v) is 3.92. The largest absolute Gasteiger partial charge is 0.397 e. The Balaban J connectivity index is 2.46. The topological polar surface area (TPSA) is 75.4 Å². The number of ketones is 1. The summed E-state index contributed by atoms with van der Waals surface area (Å²) >= 11 is 1.37. The predicted octanol–water partition coefficient (Wildman–Crippen LogP) is 2.66. The highest BCUT2D eigenvalue weighted by Gasteiger charge is 2.27. The molecule has 0 radical (unpaired) electrons. The van der Waals surface area contributed by atoms with Crippen molar-refractivity contribution in [2.24, 2.45) is 0 Å². The molecule has 0 unspecified atom stereocenters. The first-order valence-corrected chi connectivity index (χ1v) is 8.34. The summed E-state index contributed by atoms with van der Waals surface area (Å²) in [7, 11) is 1.59. The number of hydrogen-bond acceptors (Lipinski definition) is 5. The zero-order chi connectivity index (χ0) is 15.4. The number of rotatable bonds is 4. The molecule has 1 amide bonds. The second-order valence-corrected chi connectivity index (χ2v) is 6.28. The van der Waals surface area contributed by atoms with Crippen molar-refractivity contribution in [1.29, 1.82) is 0 Å². The lowest BCUT2D eigenvalue weighted by Gasteiger charge is -2.22. The van der Waals surface area contributed by atoms with Gasteiger partial charge in [0.1, 0.15) is 5.00 Å². The second kappa shape index (κ2) is 6.93. The maximum Gasteiger partial charge on any atom is 0.256 e. The summed E-state index contributed by atoms with van der Waals surface area (Å²) in [6, 6.07) is 0. The minimum Gasteiger partial charge on any atom is -0.397 e. The van der Waals surface area contributed by atoms with Gasteiger partial charge in [-0.3, -0.25) is 9.59 Å². The van der Waals surface area contributed by atoms with E-state index in [-0.39, 0.29) is 11.7 Å². The highest BCUT2D eigenvalue weighted by Crippen LogP contribution is 2.39.